The largest absolute Gasteiger partial charge is 0.494 e. The normalized spacial score (nSPS) is 19.7. The number of nitrogens with one attached hydrogen (secondary N) is 1. The van der Waals surface area contributed by atoms with Gasteiger partial charge in [-0.25, -0.2) is 8.42 Å². The Morgan fingerprint density at radius 1 is 1.35 bits per heavy atom. The minimum absolute atomic E-state index is 0.106. The molecule has 0 radical (unpaired) electrons. The van der Waals surface area contributed by atoms with Crippen LogP contribution < -0.4 is 10.1 Å². The number of benzene rings is 1. The Labute approximate surface area is 155 Å². The van der Waals surface area contributed by atoms with Crippen molar-refractivity contribution in [2.75, 3.05) is 33.4 Å². The number of methoxy groups -OCH3 is 1. The van der Waals surface area contributed by atoms with Gasteiger partial charge in [0.25, 0.3) is 0 Å². The smallest absolute Gasteiger partial charge is 0.243 e. The molecule has 1 aliphatic rings. The van der Waals surface area contributed by atoms with Crippen LogP contribution in [0.5, 0.6) is 5.75 Å². The Bertz CT molecular complexity index is 690. The van der Waals surface area contributed by atoms with Crippen LogP contribution in [0, 0.1) is 5.92 Å². The molecule has 0 aliphatic carbocycles. The van der Waals surface area contributed by atoms with E-state index in [1.54, 1.807) is 31.4 Å². The second-order valence-electron chi connectivity index (χ2n) is 6.47. The molecule has 1 fully saturated rings. The summed E-state index contributed by atoms with van der Waals surface area (Å²) in [5, 5.41) is 2.88. The maximum atomic E-state index is 12.9. The molecule has 8 heteroatoms. The number of nitrogens with zero attached hydrogens (tertiary/aromatic N) is 1. The summed E-state index contributed by atoms with van der Waals surface area (Å²) in [7, 11) is -2.05. The summed E-state index contributed by atoms with van der Waals surface area (Å²) in [5.74, 6) is 0.163. The number of hydrogen-bond donors (Lipinski definition) is 1. The summed E-state index contributed by atoms with van der Waals surface area (Å²) in [6.07, 6.45) is 1.34. The Kier molecular flexibility index (Phi) is 7.43. The first-order valence-corrected chi connectivity index (χ1v) is 10.3. The van der Waals surface area contributed by atoms with E-state index in [1.165, 1.54) is 4.31 Å². The van der Waals surface area contributed by atoms with E-state index < -0.39 is 10.0 Å². The van der Waals surface area contributed by atoms with Crippen molar-refractivity contribution >= 4 is 15.9 Å². The lowest BCUT2D eigenvalue weighted by molar-refractivity contribution is -0.127. The average molecular weight is 384 g/mol. The Morgan fingerprint density at radius 2 is 2.04 bits per heavy atom. The second kappa shape index (κ2) is 9.34. The quantitative estimate of drug-likeness (QED) is 0.736. The number of hydrogen-bond acceptors (Lipinski definition) is 5. The molecule has 0 saturated carbocycles. The third-order valence-electron chi connectivity index (χ3n) is 4.33. The van der Waals surface area contributed by atoms with Gasteiger partial charge in [-0.2, -0.15) is 4.31 Å². The highest BCUT2D eigenvalue weighted by Crippen LogP contribution is 2.25. The zero-order valence-corrected chi connectivity index (χ0v) is 16.4. The number of ether oxygens (including phenoxy) is 2. The summed E-state index contributed by atoms with van der Waals surface area (Å²) in [6.45, 7) is 5.30. The van der Waals surface area contributed by atoms with Crippen molar-refractivity contribution in [1.29, 1.82) is 0 Å². The number of rotatable bonds is 8. The first-order chi connectivity index (χ1) is 12.4. The highest BCUT2D eigenvalue weighted by Gasteiger charge is 2.33. The van der Waals surface area contributed by atoms with E-state index in [2.05, 4.69) is 5.32 Å². The van der Waals surface area contributed by atoms with Crippen LogP contribution in [0.2, 0.25) is 0 Å². The van der Waals surface area contributed by atoms with Gasteiger partial charge in [0.1, 0.15) is 5.75 Å². The molecule has 0 aromatic heterocycles. The number of piperidine rings is 1. The molecule has 146 valence electrons. The van der Waals surface area contributed by atoms with E-state index in [0.29, 0.717) is 38.3 Å². The Hall–Kier alpha value is -1.64. The van der Waals surface area contributed by atoms with Crippen LogP contribution >= 0.6 is 0 Å². The van der Waals surface area contributed by atoms with Crippen LogP contribution in [0.15, 0.2) is 29.2 Å². The van der Waals surface area contributed by atoms with Gasteiger partial charge in [-0.05, 0) is 51.0 Å². The van der Waals surface area contributed by atoms with Gasteiger partial charge in [-0.3, -0.25) is 4.79 Å². The molecule has 26 heavy (non-hydrogen) atoms. The molecule has 0 unspecified atom stereocenters. The molecule has 1 aromatic rings. The van der Waals surface area contributed by atoms with Gasteiger partial charge in [0.05, 0.1) is 24.0 Å². The summed E-state index contributed by atoms with van der Waals surface area (Å²) in [5.41, 5.74) is 0. The molecule has 1 aromatic carbocycles. The summed E-state index contributed by atoms with van der Waals surface area (Å²) < 4.78 is 37.5. The van der Waals surface area contributed by atoms with Crippen LogP contribution in [-0.2, 0) is 19.6 Å². The Balaban J connectivity index is 2.06. The lowest BCUT2D eigenvalue weighted by atomic mass is 9.98. The maximum absolute atomic E-state index is 12.9. The summed E-state index contributed by atoms with van der Waals surface area (Å²) in [4.78, 5) is 12.6. The van der Waals surface area contributed by atoms with E-state index in [1.807, 2.05) is 13.8 Å². The third kappa shape index (κ3) is 5.18. The van der Waals surface area contributed by atoms with Crippen molar-refractivity contribution in [3.05, 3.63) is 24.3 Å². The number of carbonyl (C=O) groups excluding carboxylic acids is 1. The SMILES string of the molecule is CCOc1ccc(S(=O)(=O)N2CCC[C@H](C(=O)N[C@H](C)COC)C2)cc1. The van der Waals surface area contributed by atoms with Crippen molar-refractivity contribution in [3.8, 4) is 5.75 Å². The van der Waals surface area contributed by atoms with E-state index in [9.17, 15) is 13.2 Å². The molecule has 1 heterocycles. The van der Waals surface area contributed by atoms with E-state index in [4.69, 9.17) is 9.47 Å². The van der Waals surface area contributed by atoms with Crippen LogP contribution in [0.25, 0.3) is 0 Å². The van der Waals surface area contributed by atoms with Crippen molar-refractivity contribution in [1.82, 2.24) is 9.62 Å². The molecular weight excluding hydrogens is 356 g/mol. The lowest BCUT2D eigenvalue weighted by Gasteiger charge is -2.31. The molecular formula is C18H28N2O5S. The molecule has 0 bridgehead atoms. The van der Waals surface area contributed by atoms with Gasteiger partial charge in [0, 0.05) is 26.2 Å². The summed E-state index contributed by atoms with van der Waals surface area (Å²) in [6, 6.07) is 6.29. The zero-order valence-electron chi connectivity index (χ0n) is 15.6. The predicted molar refractivity (Wildman–Crippen MR) is 98.6 cm³/mol. The van der Waals surface area contributed by atoms with E-state index in [-0.39, 0.29) is 29.3 Å². The molecule has 2 rings (SSSR count). The lowest BCUT2D eigenvalue weighted by Crippen LogP contribution is -2.47. The molecule has 1 saturated heterocycles. The average Bonchev–Trinajstić information content (AvgIpc) is 2.63. The Morgan fingerprint density at radius 3 is 2.65 bits per heavy atom. The van der Waals surface area contributed by atoms with Gasteiger partial charge >= 0.3 is 0 Å². The fraction of sp³-hybridized carbons (Fsp3) is 0.611. The van der Waals surface area contributed by atoms with Crippen molar-refractivity contribution in [2.45, 2.75) is 37.6 Å². The highest BCUT2D eigenvalue weighted by atomic mass is 32.2. The summed E-state index contributed by atoms with van der Waals surface area (Å²) >= 11 is 0. The van der Waals surface area contributed by atoms with Crippen LogP contribution in [0.4, 0.5) is 0 Å². The van der Waals surface area contributed by atoms with E-state index >= 15 is 0 Å². The third-order valence-corrected chi connectivity index (χ3v) is 6.21. The van der Waals surface area contributed by atoms with Gasteiger partial charge < -0.3 is 14.8 Å². The molecule has 0 spiro atoms. The minimum atomic E-state index is -3.63. The fourth-order valence-electron chi connectivity index (χ4n) is 3.05. The molecule has 7 nitrogen and oxygen atoms in total. The van der Waals surface area contributed by atoms with Crippen molar-refractivity contribution < 1.29 is 22.7 Å². The minimum Gasteiger partial charge on any atom is -0.494 e. The zero-order chi connectivity index (χ0) is 19.2. The van der Waals surface area contributed by atoms with Gasteiger partial charge in [-0.1, -0.05) is 0 Å². The maximum Gasteiger partial charge on any atom is 0.243 e. The number of carbonyl (C=O) groups is 1. The van der Waals surface area contributed by atoms with Gasteiger partial charge in [-0.15, -0.1) is 0 Å². The van der Waals surface area contributed by atoms with Crippen molar-refractivity contribution in [2.24, 2.45) is 5.92 Å². The topological polar surface area (TPSA) is 84.9 Å². The molecule has 1 aliphatic heterocycles. The molecule has 1 N–H and O–H groups in total. The number of sulfonamides is 1. The van der Waals surface area contributed by atoms with E-state index in [0.717, 1.165) is 0 Å². The van der Waals surface area contributed by atoms with Crippen LogP contribution in [0.3, 0.4) is 0 Å². The van der Waals surface area contributed by atoms with Crippen LogP contribution in [0.1, 0.15) is 26.7 Å². The highest BCUT2D eigenvalue weighted by molar-refractivity contribution is 7.89. The first kappa shape index (κ1) is 20.7. The number of amides is 1. The van der Waals surface area contributed by atoms with Crippen LogP contribution in [-0.4, -0.2) is 58.1 Å². The van der Waals surface area contributed by atoms with Gasteiger partial charge in [0.15, 0.2) is 0 Å². The predicted octanol–water partition coefficient (Wildman–Crippen LogP) is 1.64. The molecule has 1 amide bonds. The second-order valence-corrected chi connectivity index (χ2v) is 8.41. The van der Waals surface area contributed by atoms with Gasteiger partial charge in [0.2, 0.25) is 15.9 Å². The molecule has 2 atom stereocenters. The monoisotopic (exact) mass is 384 g/mol. The fourth-order valence-corrected chi connectivity index (χ4v) is 4.57. The van der Waals surface area contributed by atoms with Crippen molar-refractivity contribution in [3.63, 3.8) is 0 Å². The first-order valence-electron chi connectivity index (χ1n) is 8.90. The standard InChI is InChI=1S/C18H28N2O5S/c1-4-25-16-7-9-17(10-8-16)26(22,23)20-11-5-6-15(12-20)18(21)19-14(2)13-24-3/h7-10,14-15H,4-6,11-13H2,1-3H3,(H,19,21)/t14-,15+/m1/s1.